The summed E-state index contributed by atoms with van der Waals surface area (Å²) in [6.07, 6.45) is 2.96. The van der Waals surface area contributed by atoms with Crippen LogP contribution in [0.15, 0.2) is 65.5 Å². The molecule has 11 nitrogen and oxygen atoms in total. The molecule has 46 heavy (non-hydrogen) atoms. The molecular weight excluding hydrogens is 602 g/mol. The Hall–Kier alpha value is -4.45. The highest BCUT2D eigenvalue weighted by molar-refractivity contribution is 7.98. The Kier molecular flexibility index (Phi) is 10.6. The Morgan fingerprint density at radius 2 is 1.74 bits per heavy atom. The van der Waals surface area contributed by atoms with Gasteiger partial charge >= 0.3 is 0 Å². The zero-order chi connectivity index (χ0) is 32.8. The van der Waals surface area contributed by atoms with Crippen molar-refractivity contribution >= 4 is 40.4 Å². The van der Waals surface area contributed by atoms with Crippen LogP contribution in [0, 0.1) is 5.92 Å². The highest BCUT2D eigenvalue weighted by atomic mass is 32.2. The number of benzene rings is 2. The van der Waals surface area contributed by atoms with Gasteiger partial charge < -0.3 is 20.1 Å². The van der Waals surface area contributed by atoms with Crippen LogP contribution in [0.3, 0.4) is 0 Å². The van der Waals surface area contributed by atoms with Gasteiger partial charge in [-0.05, 0) is 36.8 Å². The Labute approximate surface area is 272 Å². The zero-order valence-corrected chi connectivity index (χ0v) is 27.5. The van der Waals surface area contributed by atoms with Crippen LogP contribution in [-0.2, 0) is 23.2 Å². The van der Waals surface area contributed by atoms with Crippen LogP contribution in [0.5, 0.6) is 0 Å². The van der Waals surface area contributed by atoms with E-state index in [1.165, 1.54) is 10.6 Å². The van der Waals surface area contributed by atoms with Crippen molar-refractivity contribution in [3.63, 3.8) is 0 Å². The molecule has 2 aromatic heterocycles. The lowest BCUT2D eigenvalue weighted by Gasteiger charge is -2.28. The number of hydrogen-bond donors (Lipinski definition) is 2. The van der Waals surface area contributed by atoms with E-state index in [-0.39, 0.29) is 48.7 Å². The Morgan fingerprint density at radius 1 is 1.00 bits per heavy atom. The number of para-hydroxylation sites is 1. The van der Waals surface area contributed by atoms with Crippen molar-refractivity contribution in [2.45, 2.75) is 51.7 Å². The van der Waals surface area contributed by atoms with E-state index in [1.807, 2.05) is 74.7 Å². The van der Waals surface area contributed by atoms with Crippen molar-refractivity contribution in [2.75, 3.05) is 25.1 Å². The van der Waals surface area contributed by atoms with Gasteiger partial charge in [-0.2, -0.15) is 16.9 Å². The molecule has 0 aliphatic carbocycles. The van der Waals surface area contributed by atoms with E-state index in [1.54, 1.807) is 28.4 Å². The van der Waals surface area contributed by atoms with Gasteiger partial charge in [0.2, 0.25) is 11.8 Å². The maximum absolute atomic E-state index is 14.2. The SMILES string of the molecule is CSCC[C@@H]1NC(=O)CCCN(C(=O)c2cc(=O)n(C)c3ccccc23)CCn2nc(-c3ccccc3)nc2[C@@H](C(C)C)NC1=O. The van der Waals surface area contributed by atoms with Gasteiger partial charge in [0.05, 0.1) is 23.7 Å². The summed E-state index contributed by atoms with van der Waals surface area (Å²) in [5.74, 6) is 0.931. The topological polar surface area (TPSA) is 131 Å². The van der Waals surface area contributed by atoms with E-state index in [4.69, 9.17) is 10.1 Å². The summed E-state index contributed by atoms with van der Waals surface area (Å²) in [6, 6.07) is 17.1. The molecule has 3 amide bonds. The van der Waals surface area contributed by atoms with Crippen LogP contribution in [0.1, 0.15) is 55.3 Å². The molecule has 0 spiro atoms. The fourth-order valence-electron chi connectivity index (χ4n) is 5.73. The Morgan fingerprint density at radius 3 is 2.48 bits per heavy atom. The van der Waals surface area contributed by atoms with E-state index >= 15 is 0 Å². The lowest BCUT2D eigenvalue weighted by atomic mass is 10.0. The fraction of sp³-hybridized carbons (Fsp3) is 0.412. The van der Waals surface area contributed by atoms with Crippen molar-refractivity contribution < 1.29 is 14.4 Å². The minimum absolute atomic E-state index is 0.0510. The Bertz CT molecular complexity index is 1770. The van der Waals surface area contributed by atoms with Crippen LogP contribution in [0.2, 0.25) is 0 Å². The first-order chi connectivity index (χ1) is 22.2. The van der Waals surface area contributed by atoms with E-state index in [9.17, 15) is 19.2 Å². The van der Waals surface area contributed by atoms with Gasteiger partial charge in [-0.25, -0.2) is 9.67 Å². The number of nitrogens with zero attached hydrogens (tertiary/aromatic N) is 5. The summed E-state index contributed by atoms with van der Waals surface area (Å²) in [7, 11) is 1.69. The number of pyridine rings is 1. The number of carbonyl (C=O) groups is 3. The predicted molar refractivity (Wildman–Crippen MR) is 180 cm³/mol. The first-order valence-corrected chi connectivity index (χ1v) is 17.0. The molecule has 0 bridgehead atoms. The lowest BCUT2D eigenvalue weighted by molar-refractivity contribution is -0.129. The molecule has 2 aromatic carbocycles. The maximum Gasteiger partial charge on any atom is 0.254 e. The molecular formula is C34H41N7O4S. The summed E-state index contributed by atoms with van der Waals surface area (Å²) >= 11 is 1.61. The average molecular weight is 644 g/mol. The smallest absolute Gasteiger partial charge is 0.254 e. The normalized spacial score (nSPS) is 18.2. The van der Waals surface area contributed by atoms with Crippen molar-refractivity contribution in [3.05, 3.63) is 82.4 Å². The second-order valence-electron chi connectivity index (χ2n) is 11.9. The molecule has 12 heteroatoms. The molecule has 242 valence electrons. The summed E-state index contributed by atoms with van der Waals surface area (Å²) in [6.45, 7) is 4.83. The van der Waals surface area contributed by atoms with Gasteiger partial charge in [-0.1, -0.05) is 62.4 Å². The number of rotatable bonds is 6. The van der Waals surface area contributed by atoms with Crippen LogP contribution in [0.25, 0.3) is 22.3 Å². The van der Waals surface area contributed by atoms with Gasteiger partial charge in [0.25, 0.3) is 11.5 Å². The van der Waals surface area contributed by atoms with Gasteiger partial charge in [0.15, 0.2) is 11.6 Å². The first-order valence-electron chi connectivity index (χ1n) is 15.6. The van der Waals surface area contributed by atoms with Crippen LogP contribution >= 0.6 is 11.8 Å². The minimum Gasteiger partial charge on any atom is -0.344 e. The lowest BCUT2D eigenvalue weighted by Crippen LogP contribution is -2.49. The fourth-order valence-corrected chi connectivity index (χ4v) is 6.20. The van der Waals surface area contributed by atoms with Crippen molar-refractivity contribution in [2.24, 2.45) is 13.0 Å². The monoisotopic (exact) mass is 643 g/mol. The third-order valence-corrected chi connectivity index (χ3v) is 8.97. The van der Waals surface area contributed by atoms with Gasteiger partial charge in [-0.3, -0.25) is 19.2 Å². The third-order valence-electron chi connectivity index (χ3n) is 8.32. The number of thioether (sulfide) groups is 1. The van der Waals surface area contributed by atoms with E-state index in [2.05, 4.69) is 10.6 Å². The van der Waals surface area contributed by atoms with E-state index in [0.29, 0.717) is 53.3 Å². The van der Waals surface area contributed by atoms with E-state index < -0.39 is 12.1 Å². The number of fused-ring (bicyclic) bond motifs is 2. The van der Waals surface area contributed by atoms with E-state index in [0.717, 1.165) is 5.56 Å². The van der Waals surface area contributed by atoms with Crippen molar-refractivity contribution in [1.29, 1.82) is 0 Å². The third kappa shape index (κ3) is 7.33. The summed E-state index contributed by atoms with van der Waals surface area (Å²) < 4.78 is 3.30. The standard InChI is InChI=1S/C34H41N7O4S/c1-22(2)30-32-37-31(23-11-6-5-7-12-23)38-41(32)19-18-40(17-10-15-28(42)35-26(16-20-46-4)33(44)36-30)34(45)25-21-29(43)39(3)27-14-9-8-13-24(25)27/h5-9,11-14,21-22,26,30H,10,15-20H2,1-4H3,(H,35,42)(H,36,44)/t26-,30+/m0/s1. The average Bonchev–Trinajstić information content (AvgIpc) is 3.48. The maximum atomic E-state index is 14.2. The zero-order valence-electron chi connectivity index (χ0n) is 26.7. The molecule has 2 N–H and O–H groups in total. The van der Waals surface area contributed by atoms with Crippen LogP contribution < -0.4 is 16.2 Å². The molecule has 5 rings (SSSR count). The number of aryl methyl sites for hydroxylation is 1. The number of nitrogens with one attached hydrogen (secondary N) is 2. The minimum atomic E-state index is -0.710. The molecule has 0 saturated heterocycles. The van der Waals surface area contributed by atoms with Crippen LogP contribution in [-0.4, -0.2) is 73.1 Å². The summed E-state index contributed by atoms with van der Waals surface area (Å²) in [4.78, 5) is 60.4. The second-order valence-corrected chi connectivity index (χ2v) is 12.9. The number of hydrogen-bond acceptors (Lipinski definition) is 7. The molecule has 0 fully saturated rings. The molecule has 0 unspecified atom stereocenters. The highest BCUT2D eigenvalue weighted by Gasteiger charge is 2.30. The van der Waals surface area contributed by atoms with Gasteiger partial charge in [0.1, 0.15) is 6.04 Å². The molecule has 4 aromatic rings. The number of amides is 3. The summed E-state index contributed by atoms with van der Waals surface area (Å²) in [5, 5.41) is 11.6. The quantitative estimate of drug-likeness (QED) is 0.327. The Balaban J connectivity index is 1.57. The molecule has 2 atom stereocenters. The number of carbonyl (C=O) groups excluding carboxylic acids is 3. The summed E-state index contributed by atoms with van der Waals surface area (Å²) in [5.41, 5.74) is 1.54. The second kappa shape index (κ2) is 14.8. The largest absolute Gasteiger partial charge is 0.344 e. The van der Waals surface area contributed by atoms with Crippen molar-refractivity contribution in [3.8, 4) is 11.4 Å². The first kappa shape index (κ1) is 32.9. The predicted octanol–water partition coefficient (Wildman–Crippen LogP) is 3.78. The number of aromatic nitrogens is 4. The molecule has 0 radical (unpaired) electrons. The molecule has 3 heterocycles. The van der Waals surface area contributed by atoms with Crippen LogP contribution in [0.4, 0.5) is 0 Å². The van der Waals surface area contributed by atoms with Crippen molar-refractivity contribution in [1.82, 2.24) is 34.9 Å². The van der Waals surface area contributed by atoms with Gasteiger partial charge in [0, 0.05) is 43.6 Å². The van der Waals surface area contributed by atoms with Gasteiger partial charge in [-0.15, -0.1) is 0 Å². The highest BCUT2D eigenvalue weighted by Crippen LogP contribution is 2.25. The molecule has 0 saturated carbocycles. The molecule has 1 aliphatic rings. The molecule has 1 aliphatic heterocycles.